The van der Waals surface area contributed by atoms with Crippen LogP contribution in [0.3, 0.4) is 0 Å². The molecule has 168 valence electrons. The van der Waals surface area contributed by atoms with Gasteiger partial charge in [0, 0.05) is 18.8 Å². The Labute approximate surface area is 178 Å². The van der Waals surface area contributed by atoms with E-state index in [0.29, 0.717) is 25.7 Å². The van der Waals surface area contributed by atoms with Crippen molar-refractivity contribution in [1.29, 1.82) is 0 Å². The van der Waals surface area contributed by atoms with Gasteiger partial charge in [-0.1, -0.05) is 36.4 Å². The van der Waals surface area contributed by atoms with Crippen molar-refractivity contribution in [2.24, 2.45) is 5.92 Å². The van der Waals surface area contributed by atoms with E-state index in [9.17, 15) is 27.9 Å². The zero-order chi connectivity index (χ0) is 22.9. The number of hydrogen-bond acceptors (Lipinski definition) is 4. The first-order valence-corrected chi connectivity index (χ1v) is 9.92. The molecule has 0 radical (unpaired) electrons. The van der Waals surface area contributed by atoms with Gasteiger partial charge in [-0.15, -0.1) is 0 Å². The van der Waals surface area contributed by atoms with E-state index in [2.05, 4.69) is 0 Å². The maximum absolute atomic E-state index is 12.7. The summed E-state index contributed by atoms with van der Waals surface area (Å²) in [6.07, 6.45) is 5.07. The lowest BCUT2D eigenvalue weighted by Gasteiger charge is -2.12. The van der Waals surface area contributed by atoms with Gasteiger partial charge in [0.25, 0.3) is 0 Å². The van der Waals surface area contributed by atoms with Gasteiger partial charge in [0.1, 0.15) is 24.2 Å². The summed E-state index contributed by atoms with van der Waals surface area (Å²) in [5.74, 6) is -1.11. The van der Waals surface area contributed by atoms with Crippen LogP contribution < -0.4 is 4.74 Å². The molecular weight excluding hydrogens is 413 g/mol. The first kappa shape index (κ1) is 24.4. The molecule has 1 aromatic carbocycles. The highest BCUT2D eigenvalue weighted by Crippen LogP contribution is 2.31. The maximum atomic E-state index is 12.7. The number of carbonyl (C=O) groups is 2. The van der Waals surface area contributed by atoms with E-state index >= 15 is 0 Å². The number of alkyl halides is 3. The molecule has 5 nitrogen and oxygen atoms in total. The number of aliphatic carboxylic acids is 1. The highest BCUT2D eigenvalue weighted by atomic mass is 19.4. The minimum Gasteiger partial charge on any atom is -0.491 e. The molecule has 1 aromatic rings. The third-order valence-electron chi connectivity index (χ3n) is 4.72. The summed E-state index contributed by atoms with van der Waals surface area (Å²) in [6.45, 7) is -0.229. The van der Waals surface area contributed by atoms with E-state index in [0.717, 1.165) is 17.7 Å². The number of aliphatic hydroxyl groups excluding tert-OH is 1. The topological polar surface area (TPSA) is 83.8 Å². The van der Waals surface area contributed by atoms with Gasteiger partial charge in [-0.05, 0) is 43.0 Å². The number of ketones is 1. The number of carboxylic acid groups (broad SMARTS) is 1. The lowest BCUT2D eigenvalue weighted by molar-refractivity contribution is -0.138. The first-order valence-electron chi connectivity index (χ1n) is 9.92. The summed E-state index contributed by atoms with van der Waals surface area (Å²) in [5, 5.41) is 18.7. The second kappa shape index (κ2) is 11.5. The van der Waals surface area contributed by atoms with Crippen LogP contribution in [-0.4, -0.2) is 34.7 Å². The molecule has 0 spiro atoms. The number of carboxylic acids is 1. The van der Waals surface area contributed by atoms with Crippen molar-refractivity contribution in [3.05, 3.63) is 65.8 Å². The molecule has 31 heavy (non-hydrogen) atoms. The quantitative estimate of drug-likeness (QED) is 0.386. The Kier molecular flexibility index (Phi) is 9.05. The summed E-state index contributed by atoms with van der Waals surface area (Å²) in [7, 11) is 0. The third kappa shape index (κ3) is 8.41. The third-order valence-corrected chi connectivity index (χ3v) is 4.72. The van der Waals surface area contributed by atoms with Crippen molar-refractivity contribution in [1.82, 2.24) is 0 Å². The Bertz CT molecular complexity index is 855. The predicted octanol–water partition coefficient (Wildman–Crippen LogP) is 4.72. The molecule has 0 fully saturated rings. The van der Waals surface area contributed by atoms with E-state index in [1.165, 1.54) is 18.2 Å². The van der Waals surface area contributed by atoms with Crippen LogP contribution in [0.1, 0.15) is 37.7 Å². The number of unbranched alkanes of at least 4 members (excludes halogenated alkanes) is 1. The van der Waals surface area contributed by atoms with Gasteiger partial charge < -0.3 is 14.9 Å². The van der Waals surface area contributed by atoms with Crippen molar-refractivity contribution in [2.45, 2.75) is 44.4 Å². The van der Waals surface area contributed by atoms with Crippen LogP contribution in [0.5, 0.6) is 5.75 Å². The van der Waals surface area contributed by atoms with Crippen LogP contribution in [-0.2, 0) is 15.8 Å². The van der Waals surface area contributed by atoms with E-state index in [1.807, 2.05) is 12.2 Å². The van der Waals surface area contributed by atoms with Crippen molar-refractivity contribution in [3.8, 4) is 5.75 Å². The van der Waals surface area contributed by atoms with Gasteiger partial charge in [0.2, 0.25) is 0 Å². The van der Waals surface area contributed by atoms with Crippen LogP contribution in [0.15, 0.2) is 60.2 Å². The average molecular weight is 438 g/mol. The zero-order valence-electron chi connectivity index (χ0n) is 16.8. The molecule has 0 amide bonds. The molecule has 0 saturated carbocycles. The van der Waals surface area contributed by atoms with Gasteiger partial charge in [-0.2, -0.15) is 13.2 Å². The van der Waals surface area contributed by atoms with Gasteiger partial charge in [0.05, 0.1) is 5.56 Å². The molecule has 1 aliphatic carbocycles. The number of aliphatic hydroxyl groups is 1. The number of halogens is 3. The molecule has 0 heterocycles. The van der Waals surface area contributed by atoms with Crippen LogP contribution in [0.4, 0.5) is 13.2 Å². The highest BCUT2D eigenvalue weighted by Gasteiger charge is 2.30. The fourth-order valence-corrected chi connectivity index (χ4v) is 3.08. The normalized spacial score (nSPS) is 18.0. The second-order valence-corrected chi connectivity index (χ2v) is 7.18. The van der Waals surface area contributed by atoms with E-state index in [4.69, 9.17) is 9.84 Å². The Morgan fingerprint density at radius 1 is 1.29 bits per heavy atom. The minimum atomic E-state index is -4.47. The van der Waals surface area contributed by atoms with Crippen molar-refractivity contribution in [2.75, 3.05) is 6.61 Å². The molecule has 0 aliphatic heterocycles. The Morgan fingerprint density at radius 2 is 2.06 bits per heavy atom. The Balaban J connectivity index is 1.83. The smallest absolute Gasteiger partial charge is 0.416 e. The van der Waals surface area contributed by atoms with Crippen LogP contribution in [0.2, 0.25) is 0 Å². The van der Waals surface area contributed by atoms with E-state index in [1.54, 1.807) is 12.2 Å². The monoisotopic (exact) mass is 438 g/mol. The lowest BCUT2D eigenvalue weighted by Crippen LogP contribution is -2.15. The number of allylic oxidation sites excluding steroid dienone is 5. The Hall–Kier alpha value is -2.87. The molecule has 0 bridgehead atoms. The van der Waals surface area contributed by atoms with Crippen molar-refractivity contribution >= 4 is 11.8 Å². The zero-order valence-corrected chi connectivity index (χ0v) is 16.8. The summed E-state index contributed by atoms with van der Waals surface area (Å²) in [6, 6.07) is 4.42. The minimum absolute atomic E-state index is 0.00319. The summed E-state index contributed by atoms with van der Waals surface area (Å²) in [5.41, 5.74) is -0.0678. The average Bonchev–Trinajstić information content (AvgIpc) is 3.06. The second-order valence-electron chi connectivity index (χ2n) is 7.18. The molecule has 2 N–H and O–H groups in total. The van der Waals surface area contributed by atoms with Gasteiger partial charge in [-0.25, -0.2) is 0 Å². The molecular formula is C23H25F3O5. The van der Waals surface area contributed by atoms with Crippen molar-refractivity contribution in [3.63, 3.8) is 0 Å². The molecule has 2 rings (SSSR count). The van der Waals surface area contributed by atoms with Crippen LogP contribution in [0, 0.1) is 5.92 Å². The lowest BCUT2D eigenvalue weighted by atomic mass is 9.95. The maximum Gasteiger partial charge on any atom is 0.416 e. The number of carbonyl (C=O) groups excluding carboxylic acids is 1. The highest BCUT2D eigenvalue weighted by molar-refractivity contribution is 5.89. The van der Waals surface area contributed by atoms with Gasteiger partial charge in [0.15, 0.2) is 0 Å². The van der Waals surface area contributed by atoms with E-state index < -0.39 is 23.8 Å². The largest absolute Gasteiger partial charge is 0.491 e. The molecule has 2 atom stereocenters. The van der Waals surface area contributed by atoms with Crippen LogP contribution in [0.25, 0.3) is 0 Å². The van der Waals surface area contributed by atoms with Crippen molar-refractivity contribution < 1.29 is 37.7 Å². The molecule has 0 aromatic heterocycles. The molecule has 1 aliphatic rings. The first-order chi connectivity index (χ1) is 14.7. The standard InChI is InChI=1S/C23H25F3O5/c24-23(25,26)17-6-5-7-19(14-17)31-15-18(27)12-10-16-11-13-21(28)20(16)8-3-1-2-4-9-22(29)30/h1,3,5-7,10-12,14,18,20,27H,2,4,8-9,13,15H2,(H,29,30)/b3-1-,12-10+/t18?,20-/m1/s1. The van der Waals surface area contributed by atoms with Gasteiger partial charge >= 0.3 is 12.1 Å². The predicted molar refractivity (Wildman–Crippen MR) is 109 cm³/mol. The number of hydrogen-bond donors (Lipinski definition) is 2. The summed E-state index contributed by atoms with van der Waals surface area (Å²) >= 11 is 0. The molecule has 1 unspecified atom stereocenters. The number of benzene rings is 1. The molecule has 8 heteroatoms. The SMILES string of the molecule is O=C(O)CCC/C=C\C[C@H]1C(=O)CC=C1/C=C/C(O)COc1cccc(C(F)(F)F)c1. The number of Topliss-reactive ketones (excluding diaryl/α,β-unsaturated/α-hetero) is 1. The van der Waals surface area contributed by atoms with Gasteiger partial charge in [-0.3, -0.25) is 9.59 Å². The number of rotatable bonds is 11. The van der Waals surface area contributed by atoms with Crippen LogP contribution >= 0.6 is 0 Å². The number of ether oxygens (including phenoxy) is 1. The fraction of sp³-hybridized carbons (Fsp3) is 0.391. The fourth-order valence-electron chi connectivity index (χ4n) is 3.08. The van der Waals surface area contributed by atoms with E-state index in [-0.39, 0.29) is 30.5 Å². The molecule has 0 saturated heterocycles. The summed E-state index contributed by atoms with van der Waals surface area (Å²) < 4.78 is 43.4. The Morgan fingerprint density at radius 3 is 2.77 bits per heavy atom. The summed E-state index contributed by atoms with van der Waals surface area (Å²) in [4.78, 5) is 22.6.